The SMILES string of the molecule is CCCN1CCC(NC(=NCCC(=O)NC2CCCC2)NCC)CC1. The fourth-order valence-corrected chi connectivity index (χ4v) is 3.77. The van der Waals surface area contributed by atoms with Crippen LogP contribution >= 0.6 is 0 Å². The average Bonchev–Trinajstić information content (AvgIpc) is 3.10. The van der Waals surface area contributed by atoms with Crippen molar-refractivity contribution < 1.29 is 4.79 Å². The zero-order valence-corrected chi connectivity index (χ0v) is 16.1. The van der Waals surface area contributed by atoms with Crippen LogP contribution in [0.4, 0.5) is 0 Å². The Hall–Kier alpha value is -1.30. The number of rotatable bonds is 8. The molecule has 144 valence electrons. The van der Waals surface area contributed by atoms with Crippen LogP contribution in [0.25, 0.3) is 0 Å². The van der Waals surface area contributed by atoms with Gasteiger partial charge in [-0.15, -0.1) is 0 Å². The second-order valence-electron chi connectivity index (χ2n) is 7.32. The first-order valence-corrected chi connectivity index (χ1v) is 10.3. The second-order valence-corrected chi connectivity index (χ2v) is 7.32. The van der Waals surface area contributed by atoms with Crippen molar-refractivity contribution in [1.29, 1.82) is 0 Å². The molecule has 1 aliphatic carbocycles. The Morgan fingerprint density at radius 2 is 1.72 bits per heavy atom. The molecule has 6 nitrogen and oxygen atoms in total. The van der Waals surface area contributed by atoms with E-state index >= 15 is 0 Å². The number of nitrogens with one attached hydrogen (secondary N) is 3. The predicted octanol–water partition coefficient (Wildman–Crippen LogP) is 1.86. The van der Waals surface area contributed by atoms with E-state index in [0.717, 1.165) is 51.3 Å². The first-order valence-electron chi connectivity index (χ1n) is 10.3. The van der Waals surface area contributed by atoms with Crippen molar-refractivity contribution >= 4 is 11.9 Å². The summed E-state index contributed by atoms with van der Waals surface area (Å²) in [6.07, 6.45) is 8.78. The lowest BCUT2D eigenvalue weighted by molar-refractivity contribution is -0.121. The molecule has 3 N–H and O–H groups in total. The highest BCUT2D eigenvalue weighted by molar-refractivity contribution is 5.81. The summed E-state index contributed by atoms with van der Waals surface area (Å²) in [4.78, 5) is 19.1. The fraction of sp³-hybridized carbons (Fsp3) is 0.895. The first kappa shape index (κ1) is 20.0. The van der Waals surface area contributed by atoms with E-state index in [1.54, 1.807) is 0 Å². The van der Waals surface area contributed by atoms with Crippen molar-refractivity contribution in [3.63, 3.8) is 0 Å². The van der Waals surface area contributed by atoms with Gasteiger partial charge < -0.3 is 20.9 Å². The highest BCUT2D eigenvalue weighted by atomic mass is 16.1. The molecule has 0 radical (unpaired) electrons. The lowest BCUT2D eigenvalue weighted by Gasteiger charge is -2.32. The molecule has 1 saturated carbocycles. The van der Waals surface area contributed by atoms with Crippen molar-refractivity contribution in [2.45, 2.75) is 77.3 Å². The molecule has 0 aromatic carbocycles. The van der Waals surface area contributed by atoms with Crippen molar-refractivity contribution in [1.82, 2.24) is 20.9 Å². The van der Waals surface area contributed by atoms with Crippen LogP contribution in [0.5, 0.6) is 0 Å². The third kappa shape index (κ3) is 7.63. The van der Waals surface area contributed by atoms with E-state index in [-0.39, 0.29) is 5.91 Å². The quantitative estimate of drug-likeness (QED) is 0.461. The van der Waals surface area contributed by atoms with Gasteiger partial charge in [0.1, 0.15) is 0 Å². The van der Waals surface area contributed by atoms with Gasteiger partial charge in [0.2, 0.25) is 5.91 Å². The molecule has 2 rings (SSSR count). The van der Waals surface area contributed by atoms with Crippen molar-refractivity contribution in [3.8, 4) is 0 Å². The Balaban J connectivity index is 1.69. The molecule has 1 saturated heterocycles. The van der Waals surface area contributed by atoms with E-state index in [0.29, 0.717) is 25.0 Å². The molecule has 0 atom stereocenters. The summed E-state index contributed by atoms with van der Waals surface area (Å²) in [7, 11) is 0. The normalized spacial score (nSPS) is 20.6. The summed E-state index contributed by atoms with van der Waals surface area (Å²) >= 11 is 0. The zero-order chi connectivity index (χ0) is 17.9. The van der Waals surface area contributed by atoms with Crippen molar-refractivity contribution in [2.75, 3.05) is 32.7 Å². The number of aliphatic imine (C=N–C) groups is 1. The number of guanidine groups is 1. The molecule has 0 spiro atoms. The lowest BCUT2D eigenvalue weighted by Crippen LogP contribution is -2.48. The van der Waals surface area contributed by atoms with Gasteiger partial charge in [-0.05, 0) is 45.6 Å². The van der Waals surface area contributed by atoms with Crippen LogP contribution in [0, 0.1) is 0 Å². The zero-order valence-electron chi connectivity index (χ0n) is 16.1. The monoisotopic (exact) mass is 351 g/mol. The van der Waals surface area contributed by atoms with Gasteiger partial charge in [-0.2, -0.15) is 0 Å². The largest absolute Gasteiger partial charge is 0.357 e. The number of carbonyl (C=O) groups excluding carboxylic acids is 1. The first-order chi connectivity index (χ1) is 12.2. The van der Waals surface area contributed by atoms with Crippen molar-refractivity contribution in [2.24, 2.45) is 4.99 Å². The molecule has 25 heavy (non-hydrogen) atoms. The highest BCUT2D eigenvalue weighted by Gasteiger charge is 2.19. The number of piperidine rings is 1. The molecule has 6 heteroatoms. The van der Waals surface area contributed by atoms with Gasteiger partial charge >= 0.3 is 0 Å². The molecule has 2 aliphatic rings. The summed E-state index contributed by atoms with van der Waals surface area (Å²) < 4.78 is 0. The molecule has 1 heterocycles. The Labute approximate surface area is 153 Å². The van der Waals surface area contributed by atoms with Gasteiger partial charge in [-0.25, -0.2) is 0 Å². The lowest BCUT2D eigenvalue weighted by atomic mass is 10.1. The van der Waals surface area contributed by atoms with Crippen LogP contribution in [0.1, 0.15) is 65.2 Å². The maximum absolute atomic E-state index is 12.0. The van der Waals surface area contributed by atoms with Gasteiger partial charge in [-0.1, -0.05) is 19.8 Å². The van der Waals surface area contributed by atoms with Gasteiger partial charge in [0, 0.05) is 38.1 Å². The maximum Gasteiger partial charge on any atom is 0.222 e. The molecule has 1 aliphatic heterocycles. The smallest absolute Gasteiger partial charge is 0.222 e. The standard InChI is InChI=1S/C19H37N5O/c1-3-13-24-14-10-17(11-15-24)23-19(20-4-2)21-12-9-18(25)22-16-7-5-6-8-16/h16-17H,3-15H2,1-2H3,(H,22,25)(H2,20,21,23). The molecular weight excluding hydrogens is 314 g/mol. The van der Waals surface area contributed by atoms with Gasteiger partial charge in [-0.3, -0.25) is 9.79 Å². The Morgan fingerprint density at radius 1 is 1.04 bits per heavy atom. The Bertz CT molecular complexity index is 412. The molecule has 2 fully saturated rings. The molecule has 0 bridgehead atoms. The molecular formula is C19H37N5O. The number of carbonyl (C=O) groups is 1. The van der Waals surface area contributed by atoms with Crippen LogP contribution in [0.15, 0.2) is 4.99 Å². The van der Waals surface area contributed by atoms with Crippen LogP contribution in [0.2, 0.25) is 0 Å². The van der Waals surface area contributed by atoms with E-state index < -0.39 is 0 Å². The van der Waals surface area contributed by atoms with Crippen LogP contribution in [-0.4, -0.2) is 61.6 Å². The van der Waals surface area contributed by atoms with E-state index in [9.17, 15) is 4.79 Å². The minimum Gasteiger partial charge on any atom is -0.357 e. The number of likely N-dealkylation sites (tertiary alicyclic amines) is 1. The van der Waals surface area contributed by atoms with E-state index in [1.807, 2.05) is 0 Å². The highest BCUT2D eigenvalue weighted by Crippen LogP contribution is 2.17. The molecule has 0 aromatic rings. The summed E-state index contributed by atoms with van der Waals surface area (Å²) in [5.41, 5.74) is 0. The summed E-state index contributed by atoms with van der Waals surface area (Å²) in [6, 6.07) is 0.884. The van der Waals surface area contributed by atoms with E-state index in [4.69, 9.17) is 0 Å². The molecule has 0 unspecified atom stereocenters. The van der Waals surface area contributed by atoms with Crippen LogP contribution in [0.3, 0.4) is 0 Å². The summed E-state index contributed by atoms with van der Waals surface area (Å²) in [5.74, 6) is 0.990. The summed E-state index contributed by atoms with van der Waals surface area (Å²) in [6.45, 7) is 9.23. The van der Waals surface area contributed by atoms with Gasteiger partial charge in [0.15, 0.2) is 5.96 Å². The number of amides is 1. The number of hydrogen-bond acceptors (Lipinski definition) is 3. The third-order valence-corrected chi connectivity index (χ3v) is 5.14. The average molecular weight is 352 g/mol. The third-order valence-electron chi connectivity index (χ3n) is 5.14. The number of nitrogens with zero attached hydrogens (tertiary/aromatic N) is 2. The Morgan fingerprint density at radius 3 is 2.36 bits per heavy atom. The fourth-order valence-electron chi connectivity index (χ4n) is 3.77. The summed E-state index contributed by atoms with van der Waals surface area (Å²) in [5, 5.41) is 9.98. The molecule has 0 aromatic heterocycles. The minimum atomic E-state index is 0.138. The maximum atomic E-state index is 12.0. The van der Waals surface area contributed by atoms with E-state index in [2.05, 4.69) is 39.7 Å². The van der Waals surface area contributed by atoms with E-state index in [1.165, 1.54) is 25.8 Å². The van der Waals surface area contributed by atoms with Crippen molar-refractivity contribution in [3.05, 3.63) is 0 Å². The van der Waals surface area contributed by atoms with Gasteiger partial charge in [0.05, 0.1) is 6.54 Å². The topological polar surface area (TPSA) is 68.8 Å². The molecule has 1 amide bonds. The minimum absolute atomic E-state index is 0.138. The Kier molecular flexibility index (Phi) is 9.08. The van der Waals surface area contributed by atoms with Crippen LogP contribution < -0.4 is 16.0 Å². The van der Waals surface area contributed by atoms with Gasteiger partial charge in [0.25, 0.3) is 0 Å². The second kappa shape index (κ2) is 11.3. The van der Waals surface area contributed by atoms with Crippen LogP contribution in [-0.2, 0) is 4.79 Å². The number of hydrogen-bond donors (Lipinski definition) is 3. The predicted molar refractivity (Wildman–Crippen MR) is 104 cm³/mol.